The molecular weight excluding hydrogens is 442 g/mol. The van der Waals surface area contributed by atoms with E-state index in [1.54, 1.807) is 18.2 Å². The van der Waals surface area contributed by atoms with Crippen molar-refractivity contribution in [2.75, 3.05) is 13.7 Å². The molecule has 142 valence electrons. The summed E-state index contributed by atoms with van der Waals surface area (Å²) < 4.78 is 11.5. The summed E-state index contributed by atoms with van der Waals surface area (Å²) in [6, 6.07) is 12.9. The van der Waals surface area contributed by atoms with Gasteiger partial charge in [-0.1, -0.05) is 36.3 Å². The van der Waals surface area contributed by atoms with Gasteiger partial charge in [0, 0.05) is 0 Å². The normalized spacial score (nSPS) is 15.0. The molecule has 1 aliphatic heterocycles. The third-order valence-electron chi connectivity index (χ3n) is 3.91. The maximum Gasteiger partial charge on any atom is 0.293 e. The lowest BCUT2D eigenvalue weighted by molar-refractivity contribution is -0.123. The number of ether oxygens (including phenoxy) is 2. The first-order chi connectivity index (χ1) is 13.5. The van der Waals surface area contributed by atoms with Crippen LogP contribution in [0, 0.1) is 12.3 Å². The van der Waals surface area contributed by atoms with Crippen LogP contribution >= 0.6 is 27.7 Å². The number of carbonyl (C=O) groups is 2. The van der Waals surface area contributed by atoms with Gasteiger partial charge in [0.15, 0.2) is 11.5 Å². The van der Waals surface area contributed by atoms with E-state index in [0.717, 1.165) is 17.3 Å². The minimum Gasteiger partial charge on any atom is -0.493 e. The standard InChI is InChI=1S/C21H16BrNO4S/c1-3-9-27-19-16(22)10-15(11-17(19)26-2)12-18-20(24)23(21(25)28-18)13-14-7-5-4-6-8-14/h1,4-8,10-12H,9,13H2,2H3/b18-12-. The van der Waals surface area contributed by atoms with E-state index in [2.05, 4.69) is 21.9 Å². The van der Waals surface area contributed by atoms with Crippen molar-refractivity contribution in [3.63, 3.8) is 0 Å². The van der Waals surface area contributed by atoms with E-state index < -0.39 is 0 Å². The Hall–Kier alpha value is -2.69. The Labute approximate surface area is 175 Å². The van der Waals surface area contributed by atoms with E-state index in [1.807, 2.05) is 30.3 Å². The summed E-state index contributed by atoms with van der Waals surface area (Å²) in [6.45, 7) is 0.349. The molecule has 0 saturated carbocycles. The van der Waals surface area contributed by atoms with Crippen molar-refractivity contribution >= 4 is 44.9 Å². The summed E-state index contributed by atoms with van der Waals surface area (Å²) in [7, 11) is 1.52. The zero-order valence-electron chi connectivity index (χ0n) is 15.0. The van der Waals surface area contributed by atoms with Crippen LogP contribution in [-0.2, 0) is 11.3 Å². The number of halogens is 1. The van der Waals surface area contributed by atoms with Crippen molar-refractivity contribution in [1.29, 1.82) is 0 Å². The van der Waals surface area contributed by atoms with Gasteiger partial charge in [0.2, 0.25) is 0 Å². The highest BCUT2D eigenvalue weighted by Gasteiger charge is 2.35. The monoisotopic (exact) mass is 457 g/mol. The SMILES string of the molecule is C#CCOc1c(Br)cc(/C=C2\SC(=O)N(Cc3ccccc3)C2=O)cc1OC. The summed E-state index contributed by atoms with van der Waals surface area (Å²) in [6.07, 6.45) is 6.90. The lowest BCUT2D eigenvalue weighted by atomic mass is 10.1. The maximum absolute atomic E-state index is 12.7. The zero-order valence-corrected chi connectivity index (χ0v) is 17.4. The number of terminal acetylenes is 1. The highest BCUT2D eigenvalue weighted by molar-refractivity contribution is 9.10. The van der Waals surface area contributed by atoms with Crippen LogP contribution in [0.1, 0.15) is 11.1 Å². The Kier molecular flexibility index (Phi) is 6.45. The average Bonchev–Trinajstić information content (AvgIpc) is 2.95. The predicted molar refractivity (Wildman–Crippen MR) is 113 cm³/mol. The van der Waals surface area contributed by atoms with Crippen LogP contribution in [0.3, 0.4) is 0 Å². The second-order valence-electron chi connectivity index (χ2n) is 5.78. The van der Waals surface area contributed by atoms with Crippen LogP contribution < -0.4 is 9.47 Å². The number of amides is 2. The van der Waals surface area contributed by atoms with Gasteiger partial charge in [-0.2, -0.15) is 0 Å². The first kappa shape index (κ1) is 20.1. The molecule has 7 heteroatoms. The fourth-order valence-electron chi connectivity index (χ4n) is 2.63. The summed E-state index contributed by atoms with van der Waals surface area (Å²) in [5.74, 6) is 3.04. The number of rotatable bonds is 6. The van der Waals surface area contributed by atoms with Crippen molar-refractivity contribution < 1.29 is 19.1 Å². The molecule has 0 unspecified atom stereocenters. The van der Waals surface area contributed by atoms with Gasteiger partial charge in [0.25, 0.3) is 11.1 Å². The molecule has 1 heterocycles. The molecule has 0 aliphatic carbocycles. The largest absolute Gasteiger partial charge is 0.493 e. The van der Waals surface area contributed by atoms with Crippen LogP contribution in [0.25, 0.3) is 6.08 Å². The molecule has 1 aliphatic rings. The van der Waals surface area contributed by atoms with Crippen molar-refractivity contribution in [2.45, 2.75) is 6.54 Å². The molecule has 5 nitrogen and oxygen atoms in total. The minimum atomic E-state index is -0.318. The topological polar surface area (TPSA) is 55.8 Å². The third-order valence-corrected chi connectivity index (χ3v) is 5.40. The molecule has 28 heavy (non-hydrogen) atoms. The summed E-state index contributed by atoms with van der Waals surface area (Å²) in [5, 5.41) is -0.292. The average molecular weight is 458 g/mol. The summed E-state index contributed by atoms with van der Waals surface area (Å²) in [5.41, 5.74) is 1.59. The van der Waals surface area contributed by atoms with Crippen LogP contribution in [0.15, 0.2) is 51.8 Å². The Morgan fingerprint density at radius 2 is 2.00 bits per heavy atom. The van der Waals surface area contributed by atoms with Crippen LogP contribution in [0.2, 0.25) is 0 Å². The lowest BCUT2D eigenvalue weighted by Gasteiger charge is -2.13. The lowest BCUT2D eigenvalue weighted by Crippen LogP contribution is -2.27. The van der Waals surface area contributed by atoms with Gasteiger partial charge in [-0.3, -0.25) is 14.5 Å². The second kappa shape index (κ2) is 9.00. The van der Waals surface area contributed by atoms with Crippen molar-refractivity contribution in [2.24, 2.45) is 0 Å². The van der Waals surface area contributed by atoms with Gasteiger partial charge in [0.05, 0.1) is 23.0 Å². The number of imide groups is 1. The number of benzene rings is 2. The van der Waals surface area contributed by atoms with E-state index in [4.69, 9.17) is 15.9 Å². The van der Waals surface area contributed by atoms with Crippen LogP contribution in [0.4, 0.5) is 4.79 Å². The van der Waals surface area contributed by atoms with E-state index in [-0.39, 0.29) is 24.3 Å². The van der Waals surface area contributed by atoms with E-state index >= 15 is 0 Å². The molecule has 2 aromatic carbocycles. The Balaban J connectivity index is 1.85. The van der Waals surface area contributed by atoms with E-state index in [0.29, 0.717) is 26.4 Å². The highest BCUT2D eigenvalue weighted by Crippen LogP contribution is 2.39. The van der Waals surface area contributed by atoms with Gasteiger partial charge in [-0.15, -0.1) is 6.42 Å². The van der Waals surface area contributed by atoms with Gasteiger partial charge >= 0.3 is 0 Å². The molecule has 0 spiro atoms. The molecule has 0 atom stereocenters. The number of methoxy groups -OCH3 is 1. The number of hydrogen-bond donors (Lipinski definition) is 0. The number of thioether (sulfide) groups is 1. The zero-order chi connectivity index (χ0) is 20.1. The first-order valence-electron chi connectivity index (χ1n) is 8.26. The van der Waals surface area contributed by atoms with Crippen LogP contribution in [0.5, 0.6) is 11.5 Å². The molecule has 0 N–H and O–H groups in total. The molecule has 2 amide bonds. The van der Waals surface area contributed by atoms with Gasteiger partial charge in [-0.25, -0.2) is 0 Å². The molecule has 1 saturated heterocycles. The fourth-order valence-corrected chi connectivity index (χ4v) is 4.04. The quantitative estimate of drug-likeness (QED) is 0.464. The van der Waals surface area contributed by atoms with E-state index in [9.17, 15) is 9.59 Å². The molecule has 2 aromatic rings. The summed E-state index contributed by atoms with van der Waals surface area (Å²) in [4.78, 5) is 26.6. The molecule has 3 rings (SSSR count). The number of carbonyl (C=O) groups excluding carboxylic acids is 2. The van der Waals surface area contributed by atoms with Crippen molar-refractivity contribution in [1.82, 2.24) is 4.90 Å². The highest BCUT2D eigenvalue weighted by atomic mass is 79.9. The molecule has 0 radical (unpaired) electrons. The molecule has 0 aromatic heterocycles. The van der Waals surface area contributed by atoms with Crippen LogP contribution in [-0.4, -0.2) is 29.8 Å². The summed E-state index contributed by atoms with van der Waals surface area (Å²) >= 11 is 4.35. The van der Waals surface area contributed by atoms with E-state index in [1.165, 1.54) is 12.0 Å². The molecule has 0 bridgehead atoms. The Morgan fingerprint density at radius 1 is 1.25 bits per heavy atom. The Bertz CT molecular complexity index is 982. The number of nitrogens with zero attached hydrogens (tertiary/aromatic N) is 1. The predicted octanol–water partition coefficient (Wildman–Crippen LogP) is 4.71. The smallest absolute Gasteiger partial charge is 0.293 e. The first-order valence-corrected chi connectivity index (χ1v) is 9.87. The number of hydrogen-bond acceptors (Lipinski definition) is 5. The van der Waals surface area contributed by atoms with Gasteiger partial charge in [0.1, 0.15) is 6.61 Å². The third kappa shape index (κ3) is 4.41. The fraction of sp³-hybridized carbons (Fsp3) is 0.143. The van der Waals surface area contributed by atoms with Crippen molar-refractivity contribution in [3.05, 3.63) is 63.0 Å². The maximum atomic E-state index is 12.7. The molecule has 1 fully saturated rings. The minimum absolute atomic E-state index is 0.104. The molecular formula is C21H16BrNO4S. The van der Waals surface area contributed by atoms with Gasteiger partial charge in [-0.05, 0) is 57.0 Å². The van der Waals surface area contributed by atoms with Gasteiger partial charge < -0.3 is 9.47 Å². The van der Waals surface area contributed by atoms with Crippen molar-refractivity contribution in [3.8, 4) is 23.8 Å². The second-order valence-corrected chi connectivity index (χ2v) is 7.63. The Morgan fingerprint density at radius 3 is 2.68 bits per heavy atom.